The van der Waals surface area contributed by atoms with Gasteiger partial charge in [0.1, 0.15) is 0 Å². The second-order valence-corrected chi connectivity index (χ2v) is 5.73. The number of carbonyl (C=O) groups is 3. The Hall–Kier alpha value is -1.39. The molecule has 0 atom stereocenters. The van der Waals surface area contributed by atoms with Crippen molar-refractivity contribution >= 4 is 17.7 Å². The Balaban J connectivity index is 1.91. The maximum Gasteiger partial charge on any atom is 0.229 e. The molecule has 0 aliphatic carbocycles. The van der Waals surface area contributed by atoms with Gasteiger partial charge in [0.15, 0.2) is 0 Å². The molecule has 112 valence electrons. The highest BCUT2D eigenvalue weighted by Gasteiger charge is 2.37. The van der Waals surface area contributed by atoms with Crippen molar-refractivity contribution in [2.45, 2.75) is 58.4 Å². The van der Waals surface area contributed by atoms with Gasteiger partial charge in [0, 0.05) is 37.9 Å². The van der Waals surface area contributed by atoms with Crippen LogP contribution in [0, 0.1) is 5.92 Å². The van der Waals surface area contributed by atoms with Gasteiger partial charge in [0.2, 0.25) is 17.7 Å². The van der Waals surface area contributed by atoms with Crippen molar-refractivity contribution in [1.82, 2.24) is 9.80 Å². The maximum atomic E-state index is 12.3. The molecular weight excluding hydrogens is 256 g/mol. The summed E-state index contributed by atoms with van der Waals surface area (Å²) in [6.07, 6.45) is 3.90. The van der Waals surface area contributed by atoms with Crippen LogP contribution in [0.2, 0.25) is 0 Å². The number of rotatable bonds is 4. The van der Waals surface area contributed by atoms with Crippen LogP contribution in [-0.4, -0.2) is 46.7 Å². The molecule has 5 heteroatoms. The van der Waals surface area contributed by atoms with Crippen LogP contribution in [0.5, 0.6) is 0 Å². The SMILES string of the molecule is CCC(CC)C(=O)N1CCC(N2C(=O)CCC2=O)CC1. The van der Waals surface area contributed by atoms with Crippen LogP contribution in [0.15, 0.2) is 0 Å². The second-order valence-electron chi connectivity index (χ2n) is 5.73. The fourth-order valence-corrected chi connectivity index (χ4v) is 3.24. The molecule has 20 heavy (non-hydrogen) atoms. The first-order valence-corrected chi connectivity index (χ1v) is 7.72. The van der Waals surface area contributed by atoms with Gasteiger partial charge in [-0.1, -0.05) is 13.8 Å². The molecule has 2 aliphatic rings. The number of hydrogen-bond acceptors (Lipinski definition) is 3. The lowest BCUT2D eigenvalue weighted by Crippen LogP contribution is -2.49. The molecular formula is C15H24N2O3. The van der Waals surface area contributed by atoms with E-state index < -0.39 is 0 Å². The van der Waals surface area contributed by atoms with Gasteiger partial charge in [-0.05, 0) is 25.7 Å². The minimum atomic E-state index is -0.0419. The first kappa shape index (κ1) is 15.0. The second kappa shape index (κ2) is 6.37. The molecule has 0 spiro atoms. The molecule has 2 rings (SSSR count). The fourth-order valence-electron chi connectivity index (χ4n) is 3.24. The van der Waals surface area contributed by atoms with Crippen LogP contribution >= 0.6 is 0 Å². The van der Waals surface area contributed by atoms with E-state index in [2.05, 4.69) is 0 Å². The summed E-state index contributed by atoms with van der Waals surface area (Å²) < 4.78 is 0. The van der Waals surface area contributed by atoms with Gasteiger partial charge in [-0.15, -0.1) is 0 Å². The number of likely N-dealkylation sites (tertiary alicyclic amines) is 2. The summed E-state index contributed by atoms with van der Waals surface area (Å²) in [6, 6.07) is 0.00301. The zero-order valence-corrected chi connectivity index (χ0v) is 12.4. The third-order valence-corrected chi connectivity index (χ3v) is 4.57. The molecule has 0 unspecified atom stereocenters. The van der Waals surface area contributed by atoms with Gasteiger partial charge in [0.25, 0.3) is 0 Å². The number of piperidine rings is 1. The Bertz CT molecular complexity index is 380. The average molecular weight is 280 g/mol. The average Bonchev–Trinajstić information content (AvgIpc) is 2.79. The quantitative estimate of drug-likeness (QED) is 0.734. The Labute approximate surface area is 120 Å². The highest BCUT2D eigenvalue weighted by molar-refractivity contribution is 6.02. The molecule has 2 saturated heterocycles. The lowest BCUT2D eigenvalue weighted by atomic mass is 9.98. The first-order valence-electron chi connectivity index (χ1n) is 7.72. The van der Waals surface area contributed by atoms with E-state index in [1.165, 1.54) is 4.90 Å². The summed E-state index contributed by atoms with van der Waals surface area (Å²) in [5.74, 6) is 0.258. The van der Waals surface area contributed by atoms with E-state index in [0.29, 0.717) is 25.9 Å². The molecule has 0 bridgehead atoms. The van der Waals surface area contributed by atoms with E-state index in [4.69, 9.17) is 0 Å². The van der Waals surface area contributed by atoms with Crippen LogP contribution in [0.1, 0.15) is 52.4 Å². The van der Waals surface area contributed by atoms with Gasteiger partial charge in [0.05, 0.1) is 0 Å². The molecule has 0 aromatic carbocycles. The Kier molecular flexibility index (Phi) is 4.78. The fraction of sp³-hybridized carbons (Fsp3) is 0.800. The molecule has 0 aromatic heterocycles. The third kappa shape index (κ3) is 2.86. The normalized spacial score (nSPS) is 21.1. The highest BCUT2D eigenvalue weighted by Crippen LogP contribution is 2.24. The number of amides is 3. The van der Waals surface area contributed by atoms with Crippen LogP contribution in [0.3, 0.4) is 0 Å². The Morgan fingerprint density at radius 3 is 2.05 bits per heavy atom. The van der Waals surface area contributed by atoms with Crippen LogP contribution in [0.4, 0.5) is 0 Å². The van der Waals surface area contributed by atoms with Gasteiger partial charge >= 0.3 is 0 Å². The van der Waals surface area contributed by atoms with E-state index in [0.717, 1.165) is 25.7 Å². The molecule has 0 aromatic rings. The number of nitrogens with zero attached hydrogens (tertiary/aromatic N) is 2. The van der Waals surface area contributed by atoms with Gasteiger partial charge in [-0.2, -0.15) is 0 Å². The molecule has 0 N–H and O–H groups in total. The monoisotopic (exact) mass is 280 g/mol. The molecule has 2 heterocycles. The van der Waals surface area contributed by atoms with Crippen molar-refractivity contribution < 1.29 is 14.4 Å². The van der Waals surface area contributed by atoms with Crippen molar-refractivity contribution in [2.75, 3.05) is 13.1 Å². The number of hydrogen-bond donors (Lipinski definition) is 0. The Morgan fingerprint density at radius 2 is 1.60 bits per heavy atom. The van der Waals surface area contributed by atoms with Gasteiger partial charge < -0.3 is 4.90 Å². The molecule has 0 radical (unpaired) electrons. The highest BCUT2D eigenvalue weighted by atomic mass is 16.2. The Morgan fingerprint density at radius 1 is 1.10 bits per heavy atom. The number of carbonyl (C=O) groups excluding carboxylic acids is 3. The van der Waals surface area contributed by atoms with E-state index in [9.17, 15) is 14.4 Å². The molecule has 5 nitrogen and oxygen atoms in total. The lowest BCUT2D eigenvalue weighted by Gasteiger charge is -2.37. The summed E-state index contributed by atoms with van der Waals surface area (Å²) in [7, 11) is 0. The van der Waals surface area contributed by atoms with Crippen molar-refractivity contribution in [3.63, 3.8) is 0 Å². The first-order chi connectivity index (χ1) is 9.58. The van der Waals surface area contributed by atoms with E-state index in [1.807, 2.05) is 18.7 Å². The lowest BCUT2D eigenvalue weighted by molar-refractivity contribution is -0.143. The summed E-state index contributed by atoms with van der Waals surface area (Å²) in [5.41, 5.74) is 0. The smallest absolute Gasteiger partial charge is 0.229 e. The van der Waals surface area contributed by atoms with E-state index >= 15 is 0 Å². The van der Waals surface area contributed by atoms with Gasteiger partial charge in [-0.25, -0.2) is 0 Å². The van der Waals surface area contributed by atoms with Gasteiger partial charge in [-0.3, -0.25) is 19.3 Å². The topological polar surface area (TPSA) is 57.7 Å². The largest absolute Gasteiger partial charge is 0.342 e. The minimum absolute atomic E-state index is 0.00301. The van der Waals surface area contributed by atoms with E-state index in [1.54, 1.807) is 0 Å². The third-order valence-electron chi connectivity index (χ3n) is 4.57. The molecule has 2 aliphatic heterocycles. The van der Waals surface area contributed by atoms with Crippen molar-refractivity contribution in [1.29, 1.82) is 0 Å². The molecule has 3 amide bonds. The maximum absolute atomic E-state index is 12.3. The summed E-state index contributed by atoms with van der Waals surface area (Å²) >= 11 is 0. The van der Waals surface area contributed by atoms with Crippen molar-refractivity contribution in [3.05, 3.63) is 0 Å². The molecule has 2 fully saturated rings. The van der Waals surface area contributed by atoms with Crippen LogP contribution < -0.4 is 0 Å². The minimum Gasteiger partial charge on any atom is -0.342 e. The standard InChI is InChI=1S/C15H24N2O3/c1-3-11(4-2)15(20)16-9-7-12(8-10-16)17-13(18)5-6-14(17)19/h11-12H,3-10H2,1-2H3. The zero-order chi connectivity index (χ0) is 14.7. The summed E-state index contributed by atoms with van der Waals surface area (Å²) in [5, 5.41) is 0. The van der Waals surface area contributed by atoms with Crippen molar-refractivity contribution in [2.24, 2.45) is 5.92 Å². The predicted molar refractivity (Wildman–Crippen MR) is 74.8 cm³/mol. The van der Waals surface area contributed by atoms with Crippen LogP contribution in [-0.2, 0) is 14.4 Å². The summed E-state index contributed by atoms with van der Waals surface area (Å²) in [4.78, 5) is 39.1. The zero-order valence-electron chi connectivity index (χ0n) is 12.4. The molecule has 0 saturated carbocycles. The number of imide groups is 1. The van der Waals surface area contributed by atoms with Crippen molar-refractivity contribution in [3.8, 4) is 0 Å². The van der Waals surface area contributed by atoms with E-state index in [-0.39, 0.29) is 29.7 Å². The summed E-state index contributed by atoms with van der Waals surface area (Å²) in [6.45, 7) is 5.41. The predicted octanol–water partition coefficient (Wildman–Crippen LogP) is 1.56. The van der Waals surface area contributed by atoms with Crippen LogP contribution in [0.25, 0.3) is 0 Å².